The van der Waals surface area contributed by atoms with Gasteiger partial charge in [0, 0.05) is 11.5 Å². The monoisotopic (exact) mass is 270 g/mol. The van der Waals surface area contributed by atoms with E-state index in [2.05, 4.69) is 25.6 Å². The third-order valence-electron chi connectivity index (χ3n) is 2.74. The van der Waals surface area contributed by atoms with Gasteiger partial charge in [-0.25, -0.2) is 0 Å². The Hall–Kier alpha value is -2.57. The zero-order chi connectivity index (χ0) is 13.9. The lowest BCUT2D eigenvalue weighted by Crippen LogP contribution is -2.04. The molecule has 0 bridgehead atoms. The van der Waals surface area contributed by atoms with Crippen molar-refractivity contribution in [3.8, 4) is 11.4 Å². The molecule has 7 heteroatoms. The summed E-state index contributed by atoms with van der Waals surface area (Å²) in [6, 6.07) is 9.68. The van der Waals surface area contributed by atoms with Gasteiger partial charge >= 0.3 is 0 Å². The molecule has 0 saturated heterocycles. The number of rotatable bonds is 4. The Morgan fingerprint density at radius 3 is 2.60 bits per heavy atom. The van der Waals surface area contributed by atoms with Gasteiger partial charge in [0.25, 0.3) is 0 Å². The molecule has 20 heavy (non-hydrogen) atoms. The minimum Gasteiger partial charge on any atom is -0.423 e. The molecule has 0 fully saturated rings. The lowest BCUT2D eigenvalue weighted by atomic mass is 10.2. The molecule has 102 valence electrons. The molecule has 3 rings (SSSR count). The molecule has 0 saturated carbocycles. The minimum atomic E-state index is 0.208. The van der Waals surface area contributed by atoms with Crippen LogP contribution >= 0.6 is 0 Å². The van der Waals surface area contributed by atoms with Gasteiger partial charge in [0.1, 0.15) is 6.54 Å². The summed E-state index contributed by atoms with van der Waals surface area (Å²) in [6.07, 6.45) is 0. The Morgan fingerprint density at radius 2 is 1.90 bits per heavy atom. The van der Waals surface area contributed by atoms with Crippen LogP contribution in [0, 0.1) is 0 Å². The van der Waals surface area contributed by atoms with Crippen molar-refractivity contribution < 1.29 is 4.42 Å². The molecule has 0 unspecified atom stereocenters. The van der Waals surface area contributed by atoms with Gasteiger partial charge in [0.2, 0.25) is 17.6 Å². The van der Waals surface area contributed by atoms with Crippen LogP contribution in [-0.2, 0) is 6.54 Å². The summed E-state index contributed by atoms with van der Waals surface area (Å²) >= 11 is 0. The summed E-state index contributed by atoms with van der Waals surface area (Å²) in [6.45, 7) is 4.32. The van der Waals surface area contributed by atoms with Crippen LogP contribution < -0.4 is 0 Å². The molecule has 0 radical (unpaired) electrons. The average molecular weight is 270 g/mol. The number of benzene rings is 1. The fraction of sp³-hybridized carbons (Fsp3) is 0.308. The number of aromatic nitrogens is 6. The average Bonchev–Trinajstić information content (AvgIpc) is 3.10. The van der Waals surface area contributed by atoms with E-state index in [-0.39, 0.29) is 5.92 Å². The van der Waals surface area contributed by atoms with Crippen molar-refractivity contribution in [1.82, 2.24) is 30.4 Å². The molecular formula is C13H14N6O. The molecule has 0 aliphatic rings. The van der Waals surface area contributed by atoms with Crippen LogP contribution in [0.2, 0.25) is 0 Å². The van der Waals surface area contributed by atoms with Crippen molar-refractivity contribution in [1.29, 1.82) is 0 Å². The van der Waals surface area contributed by atoms with Crippen LogP contribution in [0.4, 0.5) is 0 Å². The largest absolute Gasteiger partial charge is 0.423 e. The first-order valence-electron chi connectivity index (χ1n) is 6.38. The molecular weight excluding hydrogens is 256 g/mol. The van der Waals surface area contributed by atoms with Gasteiger partial charge < -0.3 is 4.42 Å². The lowest BCUT2D eigenvalue weighted by molar-refractivity contribution is 0.402. The van der Waals surface area contributed by atoms with Crippen molar-refractivity contribution in [2.75, 3.05) is 0 Å². The fourth-order valence-corrected chi connectivity index (χ4v) is 1.70. The van der Waals surface area contributed by atoms with Crippen LogP contribution in [0.15, 0.2) is 34.7 Å². The first kappa shape index (κ1) is 12.5. The van der Waals surface area contributed by atoms with Crippen LogP contribution in [0.3, 0.4) is 0 Å². The van der Waals surface area contributed by atoms with Crippen molar-refractivity contribution in [3.63, 3.8) is 0 Å². The molecule has 2 heterocycles. The third-order valence-corrected chi connectivity index (χ3v) is 2.74. The molecule has 2 aromatic heterocycles. The molecule has 0 aliphatic heterocycles. The second-order valence-electron chi connectivity index (χ2n) is 4.70. The predicted molar refractivity (Wildman–Crippen MR) is 70.7 cm³/mol. The summed E-state index contributed by atoms with van der Waals surface area (Å²) in [5.41, 5.74) is 0.923. The van der Waals surface area contributed by atoms with E-state index >= 15 is 0 Å². The molecule has 0 spiro atoms. The summed E-state index contributed by atoms with van der Waals surface area (Å²) in [5.74, 6) is 1.88. The Labute approximate surface area is 115 Å². The van der Waals surface area contributed by atoms with E-state index in [0.717, 1.165) is 5.56 Å². The topological polar surface area (TPSA) is 82.5 Å². The SMILES string of the molecule is CC(C)c1nnc(Cn2nnc(-c3ccccc3)n2)o1. The molecule has 0 aliphatic carbocycles. The van der Waals surface area contributed by atoms with Gasteiger partial charge in [-0.3, -0.25) is 0 Å². The standard InChI is InChI=1S/C13H14N6O/c1-9(2)13-16-14-11(20-13)8-19-17-12(15-18-19)10-6-4-3-5-7-10/h3-7,9H,8H2,1-2H3. The van der Waals surface area contributed by atoms with Crippen LogP contribution in [0.1, 0.15) is 31.5 Å². The Balaban J connectivity index is 1.77. The Morgan fingerprint density at radius 1 is 1.10 bits per heavy atom. The zero-order valence-corrected chi connectivity index (χ0v) is 11.3. The van der Waals surface area contributed by atoms with Gasteiger partial charge in [-0.15, -0.1) is 20.4 Å². The first-order chi connectivity index (χ1) is 9.72. The molecule has 0 amide bonds. The highest BCUT2D eigenvalue weighted by Crippen LogP contribution is 2.14. The van der Waals surface area contributed by atoms with Crippen molar-refractivity contribution >= 4 is 0 Å². The van der Waals surface area contributed by atoms with E-state index in [9.17, 15) is 0 Å². The van der Waals surface area contributed by atoms with Gasteiger partial charge in [0.05, 0.1) is 0 Å². The molecule has 0 N–H and O–H groups in total. The van der Waals surface area contributed by atoms with E-state index in [1.54, 1.807) is 0 Å². The quantitative estimate of drug-likeness (QED) is 0.720. The maximum absolute atomic E-state index is 5.51. The van der Waals surface area contributed by atoms with E-state index in [1.807, 2.05) is 44.2 Å². The Kier molecular flexibility index (Phi) is 3.24. The highest BCUT2D eigenvalue weighted by atomic mass is 16.4. The highest BCUT2D eigenvalue weighted by Gasteiger charge is 2.12. The fourth-order valence-electron chi connectivity index (χ4n) is 1.70. The van der Waals surface area contributed by atoms with E-state index in [1.165, 1.54) is 4.80 Å². The maximum Gasteiger partial charge on any atom is 0.239 e. The summed E-state index contributed by atoms with van der Waals surface area (Å²) in [7, 11) is 0. The molecule has 0 atom stereocenters. The summed E-state index contributed by atoms with van der Waals surface area (Å²) < 4.78 is 5.51. The van der Waals surface area contributed by atoms with Crippen LogP contribution in [0.5, 0.6) is 0 Å². The Bertz CT molecular complexity index is 688. The van der Waals surface area contributed by atoms with Crippen molar-refractivity contribution in [3.05, 3.63) is 42.1 Å². The van der Waals surface area contributed by atoms with Crippen molar-refractivity contribution in [2.24, 2.45) is 0 Å². The van der Waals surface area contributed by atoms with Gasteiger partial charge in [-0.05, 0) is 5.21 Å². The summed E-state index contributed by atoms with van der Waals surface area (Å²) in [4.78, 5) is 1.44. The van der Waals surface area contributed by atoms with E-state index in [0.29, 0.717) is 24.2 Å². The van der Waals surface area contributed by atoms with Gasteiger partial charge in [0.15, 0.2) is 0 Å². The number of tetrazole rings is 1. The van der Waals surface area contributed by atoms with Crippen molar-refractivity contribution in [2.45, 2.75) is 26.3 Å². The third kappa shape index (κ3) is 2.56. The number of hydrogen-bond donors (Lipinski definition) is 0. The molecule has 3 aromatic rings. The van der Waals surface area contributed by atoms with E-state index in [4.69, 9.17) is 4.42 Å². The number of nitrogens with zero attached hydrogens (tertiary/aromatic N) is 6. The maximum atomic E-state index is 5.51. The smallest absolute Gasteiger partial charge is 0.239 e. The first-order valence-corrected chi connectivity index (χ1v) is 6.38. The zero-order valence-electron chi connectivity index (χ0n) is 11.3. The van der Waals surface area contributed by atoms with Gasteiger partial charge in [-0.1, -0.05) is 44.2 Å². The summed E-state index contributed by atoms with van der Waals surface area (Å²) in [5, 5.41) is 20.2. The number of hydrogen-bond acceptors (Lipinski definition) is 6. The van der Waals surface area contributed by atoms with E-state index < -0.39 is 0 Å². The predicted octanol–water partition coefficient (Wildman–Crippen LogP) is 1.89. The second-order valence-corrected chi connectivity index (χ2v) is 4.70. The molecule has 1 aromatic carbocycles. The molecule has 7 nitrogen and oxygen atoms in total. The van der Waals surface area contributed by atoms with Crippen LogP contribution in [0.25, 0.3) is 11.4 Å². The second kappa shape index (κ2) is 5.20. The van der Waals surface area contributed by atoms with Crippen LogP contribution in [-0.4, -0.2) is 30.4 Å². The normalized spacial score (nSPS) is 11.2. The van der Waals surface area contributed by atoms with Gasteiger partial charge in [-0.2, -0.15) is 4.80 Å². The highest BCUT2D eigenvalue weighted by molar-refractivity contribution is 5.52. The minimum absolute atomic E-state index is 0.208. The lowest BCUT2D eigenvalue weighted by Gasteiger charge is -1.95.